The number of amides is 2. The summed E-state index contributed by atoms with van der Waals surface area (Å²) in [6, 6.07) is 6.52. The molecular weight excluding hydrogens is 436 g/mol. The molecule has 0 radical (unpaired) electrons. The van der Waals surface area contributed by atoms with Gasteiger partial charge in [0.25, 0.3) is 11.8 Å². The van der Waals surface area contributed by atoms with Crippen molar-refractivity contribution < 1.29 is 23.9 Å². The monoisotopic (exact) mass is 470 g/mol. The Kier molecular flexibility index (Phi) is 9.21. The molecule has 9 heteroatoms. The second-order valence-electron chi connectivity index (χ2n) is 8.43. The highest BCUT2D eigenvalue weighted by Gasteiger charge is 2.23. The molecule has 0 atom stereocenters. The van der Waals surface area contributed by atoms with Crippen LogP contribution in [-0.4, -0.2) is 72.9 Å². The van der Waals surface area contributed by atoms with Gasteiger partial charge in [-0.3, -0.25) is 14.3 Å². The minimum absolute atomic E-state index is 0.101. The summed E-state index contributed by atoms with van der Waals surface area (Å²) in [4.78, 5) is 38.9. The number of carbonyl (C=O) groups is 3. The van der Waals surface area contributed by atoms with Gasteiger partial charge in [-0.25, -0.2) is 4.79 Å². The first-order chi connectivity index (χ1) is 16.4. The summed E-state index contributed by atoms with van der Waals surface area (Å²) in [5, 5.41) is 7.65. The SMILES string of the molecule is CCn1nc(CCCOC(=O)c2cccc(C(=O)N(C)C)c2)c2c1C(=O)NCCCOCCC2. The fourth-order valence-electron chi connectivity index (χ4n) is 3.93. The molecule has 1 N–H and O–H groups in total. The molecule has 2 aromatic rings. The van der Waals surface area contributed by atoms with Crippen molar-refractivity contribution in [3.8, 4) is 0 Å². The molecule has 3 rings (SSSR count). The Hall–Kier alpha value is -3.20. The smallest absolute Gasteiger partial charge is 0.338 e. The molecule has 1 aromatic carbocycles. The van der Waals surface area contributed by atoms with Crippen LogP contribution in [0.15, 0.2) is 24.3 Å². The van der Waals surface area contributed by atoms with Crippen LogP contribution in [0.25, 0.3) is 0 Å². The van der Waals surface area contributed by atoms with Crippen LogP contribution in [0, 0.1) is 0 Å². The fraction of sp³-hybridized carbons (Fsp3) is 0.520. The summed E-state index contributed by atoms with van der Waals surface area (Å²) in [6.45, 7) is 4.64. The van der Waals surface area contributed by atoms with Crippen LogP contribution in [0.1, 0.15) is 68.6 Å². The van der Waals surface area contributed by atoms with Gasteiger partial charge in [0.15, 0.2) is 0 Å². The number of aromatic nitrogens is 2. The number of aryl methyl sites for hydroxylation is 2. The predicted molar refractivity (Wildman–Crippen MR) is 127 cm³/mol. The molecule has 0 saturated carbocycles. The molecule has 2 amide bonds. The third kappa shape index (κ3) is 6.44. The van der Waals surface area contributed by atoms with Gasteiger partial charge in [-0.2, -0.15) is 5.10 Å². The zero-order valence-electron chi connectivity index (χ0n) is 20.3. The molecule has 184 valence electrons. The summed E-state index contributed by atoms with van der Waals surface area (Å²) in [5.74, 6) is -0.742. The van der Waals surface area contributed by atoms with E-state index in [0.717, 1.165) is 24.1 Å². The van der Waals surface area contributed by atoms with Crippen LogP contribution in [0.5, 0.6) is 0 Å². The number of fused-ring (bicyclic) bond motifs is 1. The Bertz CT molecular complexity index is 1010. The third-order valence-electron chi connectivity index (χ3n) is 5.66. The standard InChI is InChI=1S/C25H34N4O5/c1-4-29-22-20(11-6-14-33-15-8-13-26-23(22)30)21(27-29)12-7-16-34-25(32)19-10-5-9-18(17-19)24(31)28(2)3/h5,9-10,17H,4,6-8,11-16H2,1-3H3,(H,26,30). The predicted octanol–water partition coefficient (Wildman–Crippen LogP) is 2.48. The van der Waals surface area contributed by atoms with E-state index in [1.165, 1.54) is 4.90 Å². The van der Waals surface area contributed by atoms with Crippen LogP contribution >= 0.6 is 0 Å². The van der Waals surface area contributed by atoms with Gasteiger partial charge in [0.05, 0.1) is 17.9 Å². The molecule has 2 heterocycles. The van der Waals surface area contributed by atoms with Crippen molar-refractivity contribution in [1.82, 2.24) is 20.0 Å². The van der Waals surface area contributed by atoms with Crippen LogP contribution in [0.4, 0.5) is 0 Å². The van der Waals surface area contributed by atoms with E-state index in [4.69, 9.17) is 9.47 Å². The minimum Gasteiger partial charge on any atom is -0.462 e. The van der Waals surface area contributed by atoms with E-state index in [2.05, 4.69) is 10.4 Å². The molecule has 0 bridgehead atoms. The number of esters is 1. The normalized spacial score (nSPS) is 14.5. The Labute approximate surface area is 200 Å². The van der Waals surface area contributed by atoms with Crippen molar-refractivity contribution in [3.05, 3.63) is 52.3 Å². The summed E-state index contributed by atoms with van der Waals surface area (Å²) >= 11 is 0. The van der Waals surface area contributed by atoms with E-state index in [9.17, 15) is 14.4 Å². The number of nitrogens with one attached hydrogen (secondary N) is 1. The largest absolute Gasteiger partial charge is 0.462 e. The third-order valence-corrected chi connectivity index (χ3v) is 5.66. The topological polar surface area (TPSA) is 103 Å². The first-order valence-electron chi connectivity index (χ1n) is 11.9. The summed E-state index contributed by atoms with van der Waals surface area (Å²) < 4.78 is 12.8. The molecule has 0 saturated heterocycles. The second kappa shape index (κ2) is 12.3. The summed E-state index contributed by atoms with van der Waals surface area (Å²) in [7, 11) is 3.33. The number of nitrogens with zero attached hydrogens (tertiary/aromatic N) is 3. The molecule has 9 nitrogen and oxygen atoms in total. The van der Waals surface area contributed by atoms with Crippen LogP contribution in [0.3, 0.4) is 0 Å². The summed E-state index contributed by atoms with van der Waals surface area (Å²) in [5.41, 5.74) is 3.21. The average molecular weight is 471 g/mol. The highest BCUT2D eigenvalue weighted by atomic mass is 16.5. The molecule has 34 heavy (non-hydrogen) atoms. The lowest BCUT2D eigenvalue weighted by atomic mass is 10.0. The van der Waals surface area contributed by atoms with E-state index in [-0.39, 0.29) is 18.4 Å². The maximum absolute atomic E-state index is 12.8. The van der Waals surface area contributed by atoms with Crippen molar-refractivity contribution in [2.75, 3.05) is 40.5 Å². The van der Waals surface area contributed by atoms with E-state index < -0.39 is 5.97 Å². The van der Waals surface area contributed by atoms with Crippen molar-refractivity contribution in [2.45, 2.75) is 45.6 Å². The van der Waals surface area contributed by atoms with E-state index in [0.29, 0.717) is 62.4 Å². The lowest BCUT2D eigenvalue weighted by molar-refractivity contribution is 0.0500. The molecule has 0 spiro atoms. The number of hydrogen-bond acceptors (Lipinski definition) is 6. The number of benzene rings is 1. The maximum atomic E-state index is 12.8. The van der Waals surface area contributed by atoms with E-state index in [1.54, 1.807) is 43.0 Å². The molecule has 1 aromatic heterocycles. The Morgan fingerprint density at radius 1 is 1.21 bits per heavy atom. The van der Waals surface area contributed by atoms with Crippen LogP contribution in [0.2, 0.25) is 0 Å². The number of carbonyl (C=O) groups excluding carboxylic acids is 3. The van der Waals surface area contributed by atoms with Crippen molar-refractivity contribution in [2.24, 2.45) is 0 Å². The van der Waals surface area contributed by atoms with Crippen LogP contribution < -0.4 is 5.32 Å². The zero-order valence-corrected chi connectivity index (χ0v) is 20.3. The lowest BCUT2D eigenvalue weighted by Crippen LogP contribution is -2.28. The highest BCUT2D eigenvalue weighted by Crippen LogP contribution is 2.20. The van der Waals surface area contributed by atoms with Crippen LogP contribution in [-0.2, 0) is 28.9 Å². The molecule has 0 unspecified atom stereocenters. The Morgan fingerprint density at radius 3 is 2.74 bits per heavy atom. The van der Waals surface area contributed by atoms with Gasteiger partial charge >= 0.3 is 5.97 Å². The van der Waals surface area contributed by atoms with E-state index in [1.807, 2.05) is 6.92 Å². The van der Waals surface area contributed by atoms with E-state index >= 15 is 0 Å². The molecule has 0 fully saturated rings. The Morgan fingerprint density at radius 2 is 1.97 bits per heavy atom. The summed E-state index contributed by atoms with van der Waals surface area (Å²) in [6.07, 6.45) is 3.49. The zero-order chi connectivity index (χ0) is 24.5. The van der Waals surface area contributed by atoms with Gasteiger partial charge in [-0.15, -0.1) is 0 Å². The fourth-order valence-corrected chi connectivity index (χ4v) is 3.93. The quantitative estimate of drug-likeness (QED) is 0.493. The van der Waals surface area contributed by atoms with Gasteiger partial charge < -0.3 is 19.7 Å². The van der Waals surface area contributed by atoms with Gasteiger partial charge in [0.1, 0.15) is 5.69 Å². The van der Waals surface area contributed by atoms with Crippen molar-refractivity contribution in [3.63, 3.8) is 0 Å². The minimum atomic E-state index is -0.469. The number of hydrogen-bond donors (Lipinski definition) is 1. The second-order valence-corrected chi connectivity index (χ2v) is 8.43. The molecular formula is C25H34N4O5. The van der Waals surface area contributed by atoms with Crippen molar-refractivity contribution in [1.29, 1.82) is 0 Å². The highest BCUT2D eigenvalue weighted by molar-refractivity contribution is 5.97. The van der Waals surface area contributed by atoms with Gasteiger partial charge in [-0.05, 0) is 57.2 Å². The molecule has 1 aliphatic rings. The lowest BCUT2D eigenvalue weighted by Gasteiger charge is -2.11. The van der Waals surface area contributed by atoms with Gasteiger partial charge in [-0.1, -0.05) is 6.07 Å². The Balaban J connectivity index is 1.63. The molecule has 0 aliphatic carbocycles. The van der Waals surface area contributed by atoms with Crippen molar-refractivity contribution >= 4 is 17.8 Å². The van der Waals surface area contributed by atoms with Gasteiger partial charge in [0.2, 0.25) is 0 Å². The number of ether oxygens (including phenoxy) is 2. The maximum Gasteiger partial charge on any atom is 0.338 e. The average Bonchev–Trinajstić information content (AvgIpc) is 3.18. The first-order valence-corrected chi connectivity index (χ1v) is 11.9. The first kappa shape index (κ1) is 25.4. The molecule has 1 aliphatic heterocycles. The number of rotatable bonds is 7. The van der Waals surface area contributed by atoms with Gasteiger partial charge in [0, 0.05) is 51.5 Å².